The van der Waals surface area contributed by atoms with Gasteiger partial charge in [-0.05, 0) is 22.0 Å². The van der Waals surface area contributed by atoms with Gasteiger partial charge in [0.05, 0.1) is 0 Å². The Bertz CT molecular complexity index is 610. The van der Waals surface area contributed by atoms with Crippen molar-refractivity contribution in [1.29, 1.82) is 0 Å². The summed E-state index contributed by atoms with van der Waals surface area (Å²) in [4.78, 5) is 19.4. The van der Waals surface area contributed by atoms with Crippen molar-refractivity contribution >= 4 is 33.3 Å². The van der Waals surface area contributed by atoms with Gasteiger partial charge in [-0.25, -0.2) is 14.4 Å². The van der Waals surface area contributed by atoms with Gasteiger partial charge in [-0.15, -0.1) is 0 Å². The number of amides is 1. The van der Waals surface area contributed by atoms with E-state index in [1.165, 1.54) is 12.4 Å². The maximum absolute atomic E-state index is 13.1. The number of aromatic nitrogens is 2. The van der Waals surface area contributed by atoms with Gasteiger partial charge >= 0.3 is 0 Å². The summed E-state index contributed by atoms with van der Waals surface area (Å²) in [5.74, 6) is -1.60. The zero-order chi connectivity index (χ0) is 14.0. The topological polar surface area (TPSA) is 101 Å². The average molecular weight is 327 g/mol. The first-order chi connectivity index (χ1) is 8.97. The van der Waals surface area contributed by atoms with Crippen LogP contribution in [0.4, 0.5) is 15.9 Å². The smallest absolute Gasteiger partial charge is 0.262 e. The van der Waals surface area contributed by atoms with Crippen LogP contribution in [0, 0.1) is 5.82 Å². The highest BCUT2D eigenvalue weighted by Crippen LogP contribution is 2.22. The standard InChI is InChI=1S/C11H8BrFN4O2/c12-9-8(10(14)16-4-15-9)11(19)17-6-1-5(13)2-7(18)3-6/h1-4,18H,(H,17,19)(H2,14,15,16). The second kappa shape index (κ2) is 5.19. The van der Waals surface area contributed by atoms with Crippen LogP contribution in [-0.4, -0.2) is 21.0 Å². The number of rotatable bonds is 2. The molecular weight excluding hydrogens is 319 g/mol. The van der Waals surface area contributed by atoms with E-state index in [2.05, 4.69) is 31.2 Å². The van der Waals surface area contributed by atoms with Crippen LogP contribution in [0.2, 0.25) is 0 Å². The predicted octanol–water partition coefficient (Wildman–Crippen LogP) is 1.92. The van der Waals surface area contributed by atoms with E-state index in [1.54, 1.807) is 0 Å². The van der Waals surface area contributed by atoms with E-state index in [0.717, 1.165) is 12.1 Å². The van der Waals surface area contributed by atoms with Crippen LogP contribution in [0.5, 0.6) is 5.75 Å². The molecule has 1 aromatic carbocycles. The van der Waals surface area contributed by atoms with Crippen molar-refractivity contribution in [1.82, 2.24) is 9.97 Å². The molecule has 0 spiro atoms. The molecule has 1 heterocycles. The molecule has 0 radical (unpaired) electrons. The molecule has 0 bridgehead atoms. The van der Waals surface area contributed by atoms with E-state index in [-0.39, 0.29) is 27.4 Å². The Morgan fingerprint density at radius 1 is 1.37 bits per heavy atom. The SMILES string of the molecule is Nc1ncnc(Br)c1C(=O)Nc1cc(O)cc(F)c1. The Morgan fingerprint density at radius 2 is 2.11 bits per heavy atom. The molecule has 1 amide bonds. The highest BCUT2D eigenvalue weighted by Gasteiger charge is 2.16. The molecule has 8 heteroatoms. The van der Waals surface area contributed by atoms with Crippen LogP contribution in [-0.2, 0) is 0 Å². The molecule has 0 aliphatic carbocycles. The lowest BCUT2D eigenvalue weighted by Gasteiger charge is -2.08. The van der Waals surface area contributed by atoms with E-state index in [4.69, 9.17) is 5.73 Å². The number of hydrogen-bond donors (Lipinski definition) is 3. The number of nitrogens with one attached hydrogen (secondary N) is 1. The third-order valence-corrected chi connectivity index (χ3v) is 2.80. The van der Waals surface area contributed by atoms with Gasteiger partial charge in [0, 0.05) is 17.8 Å². The largest absolute Gasteiger partial charge is 0.508 e. The Kier molecular flexibility index (Phi) is 3.61. The molecule has 1 aromatic heterocycles. The molecule has 0 saturated carbocycles. The minimum Gasteiger partial charge on any atom is -0.508 e. The number of carbonyl (C=O) groups is 1. The van der Waals surface area contributed by atoms with Crippen molar-refractivity contribution in [3.63, 3.8) is 0 Å². The summed E-state index contributed by atoms with van der Waals surface area (Å²) in [6.45, 7) is 0. The number of aromatic hydroxyl groups is 1. The van der Waals surface area contributed by atoms with E-state index in [1.807, 2.05) is 0 Å². The summed E-state index contributed by atoms with van der Waals surface area (Å²) in [5, 5.41) is 11.6. The predicted molar refractivity (Wildman–Crippen MR) is 70.2 cm³/mol. The number of phenols is 1. The minimum atomic E-state index is -0.674. The van der Waals surface area contributed by atoms with Gasteiger partial charge in [0.25, 0.3) is 5.91 Å². The summed E-state index contributed by atoms with van der Waals surface area (Å²) in [5.41, 5.74) is 5.70. The Labute approximate surface area is 115 Å². The zero-order valence-corrected chi connectivity index (χ0v) is 11.0. The van der Waals surface area contributed by atoms with Crippen molar-refractivity contribution in [3.05, 3.63) is 40.5 Å². The van der Waals surface area contributed by atoms with Crippen molar-refractivity contribution in [2.75, 3.05) is 11.1 Å². The molecule has 98 valence electrons. The first-order valence-corrected chi connectivity index (χ1v) is 5.83. The van der Waals surface area contributed by atoms with Crippen LogP contribution >= 0.6 is 15.9 Å². The maximum Gasteiger partial charge on any atom is 0.262 e. The van der Waals surface area contributed by atoms with E-state index in [0.29, 0.717) is 0 Å². The molecule has 0 atom stereocenters. The van der Waals surface area contributed by atoms with Gasteiger partial charge in [-0.2, -0.15) is 0 Å². The Hall–Kier alpha value is -2.22. The number of halogens is 2. The Morgan fingerprint density at radius 3 is 2.74 bits per heavy atom. The quantitative estimate of drug-likeness (QED) is 0.732. The molecule has 0 fully saturated rings. The number of phenolic OH excluding ortho intramolecular Hbond substituents is 1. The summed E-state index contributed by atoms with van der Waals surface area (Å²) < 4.78 is 13.3. The van der Waals surface area contributed by atoms with E-state index >= 15 is 0 Å². The van der Waals surface area contributed by atoms with Gasteiger partial charge in [-0.1, -0.05) is 0 Å². The molecule has 4 N–H and O–H groups in total. The summed E-state index contributed by atoms with van der Waals surface area (Å²) in [6, 6.07) is 3.19. The van der Waals surface area contributed by atoms with E-state index < -0.39 is 11.7 Å². The molecule has 0 aliphatic rings. The molecule has 2 rings (SSSR count). The number of carbonyl (C=O) groups excluding carboxylic acids is 1. The summed E-state index contributed by atoms with van der Waals surface area (Å²) >= 11 is 3.07. The molecule has 0 saturated heterocycles. The summed E-state index contributed by atoms with van der Waals surface area (Å²) in [7, 11) is 0. The van der Waals surface area contributed by atoms with Crippen molar-refractivity contribution in [2.24, 2.45) is 0 Å². The number of nitrogens with zero attached hydrogens (tertiary/aromatic N) is 2. The van der Waals surface area contributed by atoms with Crippen molar-refractivity contribution < 1.29 is 14.3 Å². The average Bonchev–Trinajstić information content (AvgIpc) is 2.26. The van der Waals surface area contributed by atoms with Crippen LogP contribution in [0.15, 0.2) is 29.1 Å². The zero-order valence-electron chi connectivity index (χ0n) is 9.39. The van der Waals surface area contributed by atoms with Crippen LogP contribution in [0.3, 0.4) is 0 Å². The lowest BCUT2D eigenvalue weighted by Crippen LogP contribution is -2.16. The second-order valence-corrected chi connectivity index (χ2v) is 4.33. The number of nitrogens with two attached hydrogens (primary N) is 1. The van der Waals surface area contributed by atoms with Gasteiger partial charge in [0.1, 0.15) is 33.9 Å². The number of anilines is 2. The third-order valence-electron chi connectivity index (χ3n) is 2.20. The Balaban J connectivity index is 2.31. The molecule has 0 unspecified atom stereocenters. The number of benzene rings is 1. The van der Waals surface area contributed by atoms with Gasteiger partial charge in [0.15, 0.2) is 0 Å². The second-order valence-electron chi connectivity index (χ2n) is 3.58. The monoisotopic (exact) mass is 326 g/mol. The number of nitrogen functional groups attached to an aromatic ring is 1. The van der Waals surface area contributed by atoms with Gasteiger partial charge in [0.2, 0.25) is 0 Å². The third kappa shape index (κ3) is 2.97. The van der Waals surface area contributed by atoms with E-state index in [9.17, 15) is 14.3 Å². The first kappa shape index (κ1) is 13.2. The highest BCUT2D eigenvalue weighted by molar-refractivity contribution is 9.10. The van der Waals surface area contributed by atoms with Crippen LogP contribution in [0.25, 0.3) is 0 Å². The lowest BCUT2D eigenvalue weighted by atomic mass is 10.2. The van der Waals surface area contributed by atoms with Gasteiger partial charge in [-0.3, -0.25) is 4.79 Å². The highest BCUT2D eigenvalue weighted by atomic mass is 79.9. The van der Waals surface area contributed by atoms with Gasteiger partial charge < -0.3 is 16.2 Å². The fraction of sp³-hybridized carbons (Fsp3) is 0. The fourth-order valence-corrected chi connectivity index (χ4v) is 1.90. The molecule has 19 heavy (non-hydrogen) atoms. The number of hydrogen-bond acceptors (Lipinski definition) is 5. The molecule has 0 aliphatic heterocycles. The molecule has 6 nitrogen and oxygen atoms in total. The maximum atomic E-state index is 13.1. The molecular formula is C11H8BrFN4O2. The minimum absolute atomic E-state index is 0.0139. The fourth-order valence-electron chi connectivity index (χ4n) is 1.43. The van der Waals surface area contributed by atoms with Crippen LogP contribution < -0.4 is 11.1 Å². The summed E-state index contributed by atoms with van der Waals surface area (Å²) in [6.07, 6.45) is 1.20. The van der Waals surface area contributed by atoms with Crippen molar-refractivity contribution in [2.45, 2.75) is 0 Å². The molecule has 2 aromatic rings. The van der Waals surface area contributed by atoms with Crippen LogP contribution in [0.1, 0.15) is 10.4 Å². The van der Waals surface area contributed by atoms with Crippen molar-refractivity contribution in [3.8, 4) is 5.75 Å². The first-order valence-electron chi connectivity index (χ1n) is 5.04. The normalized spacial score (nSPS) is 10.2. The lowest BCUT2D eigenvalue weighted by molar-refractivity contribution is 0.102.